The molecule has 2 aromatic heterocycles. The van der Waals surface area contributed by atoms with E-state index < -0.39 is 17.6 Å². The van der Waals surface area contributed by atoms with Crippen LogP contribution >= 0.6 is 23.2 Å². The lowest BCUT2D eigenvalue weighted by Gasteiger charge is -2.59. The van der Waals surface area contributed by atoms with Gasteiger partial charge in [-0.3, -0.25) is 19.6 Å². The minimum atomic E-state index is -0.688. The number of likely N-dealkylation sites (tertiary alicyclic amines) is 1. The van der Waals surface area contributed by atoms with Crippen LogP contribution in [0.25, 0.3) is 22.4 Å². The SMILES string of the molecule is COc1cc(-c2nccc(-c3cccc(NC(=O)c4ccc(CN(CCO)C(=O)OC(C)(C)C)cn4)c3Cl)c2Cl)ccc1CNC1CC2(C1)CN(C(C)=O)C2. The Hall–Kier alpha value is -4.75. The van der Waals surface area contributed by atoms with Gasteiger partial charge in [0.25, 0.3) is 5.91 Å². The molecule has 6 rings (SSSR count). The van der Waals surface area contributed by atoms with E-state index in [0.717, 1.165) is 37.1 Å². The Balaban J connectivity index is 1.12. The van der Waals surface area contributed by atoms with E-state index in [1.165, 1.54) is 11.1 Å². The third-order valence-corrected chi connectivity index (χ3v) is 10.7. The molecule has 3 amide bonds. The van der Waals surface area contributed by atoms with Crippen LogP contribution in [0.1, 0.15) is 62.2 Å². The molecule has 3 heterocycles. The summed E-state index contributed by atoms with van der Waals surface area (Å²) in [5.74, 6) is 0.379. The average molecular weight is 790 g/mol. The van der Waals surface area contributed by atoms with Crippen molar-refractivity contribution in [3.63, 3.8) is 0 Å². The number of carbonyl (C=O) groups excluding carboxylic acids is 3. The Morgan fingerprint density at radius 3 is 2.42 bits per heavy atom. The zero-order valence-corrected chi connectivity index (χ0v) is 33.1. The maximum atomic E-state index is 13.3. The first-order valence-electron chi connectivity index (χ1n) is 18.1. The number of aliphatic hydroxyl groups is 1. The maximum Gasteiger partial charge on any atom is 0.410 e. The van der Waals surface area contributed by atoms with Crippen molar-refractivity contribution in [3.8, 4) is 28.1 Å². The monoisotopic (exact) mass is 788 g/mol. The van der Waals surface area contributed by atoms with Crippen molar-refractivity contribution in [2.24, 2.45) is 5.41 Å². The van der Waals surface area contributed by atoms with Gasteiger partial charge >= 0.3 is 6.09 Å². The lowest BCUT2D eigenvalue weighted by molar-refractivity contribution is -0.149. The fourth-order valence-corrected chi connectivity index (χ4v) is 7.69. The Bertz CT molecular complexity index is 2060. The van der Waals surface area contributed by atoms with E-state index in [1.54, 1.807) is 71.3 Å². The molecule has 0 radical (unpaired) electrons. The zero-order valence-electron chi connectivity index (χ0n) is 31.6. The molecule has 3 N–H and O–H groups in total. The molecule has 2 fully saturated rings. The van der Waals surface area contributed by atoms with Gasteiger partial charge in [-0.15, -0.1) is 0 Å². The molecule has 1 aliphatic carbocycles. The number of anilines is 1. The lowest BCUT2D eigenvalue weighted by atomic mass is 9.60. The Labute approximate surface area is 331 Å². The number of halogens is 2. The number of benzene rings is 2. The number of hydrogen-bond donors (Lipinski definition) is 3. The first-order valence-corrected chi connectivity index (χ1v) is 18.9. The number of pyridine rings is 2. The molecule has 4 aromatic rings. The van der Waals surface area contributed by atoms with Crippen molar-refractivity contribution in [2.75, 3.05) is 38.7 Å². The predicted molar refractivity (Wildman–Crippen MR) is 212 cm³/mol. The van der Waals surface area contributed by atoms with Crippen molar-refractivity contribution in [3.05, 3.63) is 93.9 Å². The van der Waals surface area contributed by atoms with Crippen LogP contribution in [0.5, 0.6) is 5.75 Å². The lowest BCUT2D eigenvalue weighted by Crippen LogP contribution is -2.66. The molecule has 2 aromatic carbocycles. The minimum absolute atomic E-state index is 0.0826. The van der Waals surface area contributed by atoms with Gasteiger partial charge in [0.2, 0.25) is 5.91 Å². The van der Waals surface area contributed by atoms with Crippen LogP contribution in [-0.4, -0.2) is 87.8 Å². The van der Waals surface area contributed by atoms with Crippen molar-refractivity contribution in [1.82, 2.24) is 25.1 Å². The van der Waals surface area contributed by atoms with E-state index in [1.807, 2.05) is 29.2 Å². The first-order chi connectivity index (χ1) is 26.2. The van der Waals surface area contributed by atoms with Crippen molar-refractivity contribution in [2.45, 2.75) is 65.3 Å². The molecule has 1 saturated carbocycles. The van der Waals surface area contributed by atoms with Gasteiger partial charge in [-0.05, 0) is 63.4 Å². The Kier molecular flexibility index (Phi) is 12.0. The highest BCUT2D eigenvalue weighted by molar-refractivity contribution is 6.39. The number of nitrogens with one attached hydrogen (secondary N) is 2. The average Bonchev–Trinajstić information content (AvgIpc) is 3.10. The van der Waals surface area contributed by atoms with Crippen molar-refractivity contribution in [1.29, 1.82) is 0 Å². The van der Waals surface area contributed by atoms with Gasteiger partial charge in [0.05, 0.1) is 41.7 Å². The second-order valence-electron chi connectivity index (χ2n) is 15.2. The quantitative estimate of drug-likeness (QED) is 0.136. The zero-order chi connectivity index (χ0) is 39.5. The molecule has 290 valence electrons. The second-order valence-corrected chi connectivity index (χ2v) is 16.0. The van der Waals surface area contributed by atoms with Crippen LogP contribution in [0.2, 0.25) is 10.0 Å². The molecule has 1 saturated heterocycles. The van der Waals surface area contributed by atoms with Gasteiger partial charge in [0.15, 0.2) is 0 Å². The van der Waals surface area contributed by atoms with Gasteiger partial charge in [0.1, 0.15) is 17.0 Å². The third kappa shape index (κ3) is 9.21. The highest BCUT2D eigenvalue weighted by Gasteiger charge is 2.52. The largest absolute Gasteiger partial charge is 0.496 e. The highest BCUT2D eigenvalue weighted by Crippen LogP contribution is 2.48. The van der Waals surface area contributed by atoms with Gasteiger partial charge < -0.3 is 35.0 Å². The van der Waals surface area contributed by atoms with Crippen LogP contribution in [0.3, 0.4) is 0 Å². The van der Waals surface area contributed by atoms with E-state index in [9.17, 15) is 19.5 Å². The number of rotatable bonds is 12. The van der Waals surface area contributed by atoms with Gasteiger partial charge in [-0.2, -0.15) is 0 Å². The Morgan fingerprint density at radius 1 is 1.02 bits per heavy atom. The number of amides is 3. The summed E-state index contributed by atoms with van der Waals surface area (Å²) in [5, 5.41) is 16.6. The summed E-state index contributed by atoms with van der Waals surface area (Å²) < 4.78 is 11.2. The molecule has 2 aliphatic rings. The van der Waals surface area contributed by atoms with E-state index in [-0.39, 0.29) is 41.7 Å². The normalized spacial score (nSPS) is 14.9. The number of methoxy groups -OCH3 is 1. The highest BCUT2D eigenvalue weighted by atomic mass is 35.5. The number of ether oxygens (including phenoxy) is 2. The van der Waals surface area contributed by atoms with Crippen molar-refractivity contribution < 1.29 is 29.0 Å². The molecule has 55 heavy (non-hydrogen) atoms. The molecule has 1 spiro atoms. The summed E-state index contributed by atoms with van der Waals surface area (Å²) in [6.45, 7) is 9.29. The first kappa shape index (κ1) is 39.9. The summed E-state index contributed by atoms with van der Waals surface area (Å²) in [5.41, 5.74) is 4.33. The Morgan fingerprint density at radius 2 is 1.76 bits per heavy atom. The smallest absolute Gasteiger partial charge is 0.410 e. The van der Waals surface area contributed by atoms with Crippen LogP contribution in [0.4, 0.5) is 10.5 Å². The van der Waals surface area contributed by atoms with Crippen LogP contribution in [0, 0.1) is 5.41 Å². The minimum Gasteiger partial charge on any atom is -0.496 e. The number of aliphatic hydroxyl groups excluding tert-OH is 1. The molecule has 0 bridgehead atoms. The molecular formula is C41H46Cl2N6O6. The van der Waals surface area contributed by atoms with E-state index in [4.69, 9.17) is 32.7 Å². The standard InChI is InChI=1S/C41H46Cl2N6O6/c1-25(51)49-23-41(24-49)18-29(19-41)45-21-28-11-10-27(17-34(28)54-5)37-36(43)31(13-14-44-37)30-7-6-8-32(35(30)42)47-38(52)33-12-9-26(20-46-33)22-48(15-16-50)39(53)55-40(2,3)4/h6-14,17,20,29,45,50H,15-16,18-19,21-24H2,1-5H3,(H,47,52). The number of carbonyl (C=O) groups is 3. The van der Waals surface area contributed by atoms with Gasteiger partial charge in [0, 0.05) is 79.2 Å². The van der Waals surface area contributed by atoms with Crippen LogP contribution in [0.15, 0.2) is 67.0 Å². The summed E-state index contributed by atoms with van der Waals surface area (Å²) in [6, 6.07) is 16.6. The van der Waals surface area contributed by atoms with Gasteiger partial charge in [-0.25, -0.2) is 4.79 Å². The number of aromatic nitrogens is 2. The van der Waals surface area contributed by atoms with Gasteiger partial charge in [-0.1, -0.05) is 53.5 Å². The van der Waals surface area contributed by atoms with Crippen LogP contribution < -0.4 is 15.4 Å². The molecule has 0 atom stereocenters. The van der Waals surface area contributed by atoms with Crippen LogP contribution in [-0.2, 0) is 22.6 Å². The van der Waals surface area contributed by atoms with E-state index >= 15 is 0 Å². The maximum absolute atomic E-state index is 13.3. The summed E-state index contributed by atoms with van der Waals surface area (Å²) >= 11 is 13.9. The van der Waals surface area contributed by atoms with E-state index in [2.05, 4.69) is 20.6 Å². The predicted octanol–water partition coefficient (Wildman–Crippen LogP) is 7.21. The fourth-order valence-electron chi connectivity index (χ4n) is 7.10. The number of hydrogen-bond acceptors (Lipinski definition) is 9. The van der Waals surface area contributed by atoms with E-state index in [0.29, 0.717) is 51.4 Å². The van der Waals surface area contributed by atoms with Crippen molar-refractivity contribution >= 4 is 46.8 Å². The molecule has 14 heteroatoms. The molecular weight excluding hydrogens is 743 g/mol. The summed E-state index contributed by atoms with van der Waals surface area (Å²) in [6.07, 6.45) is 4.73. The second kappa shape index (κ2) is 16.5. The summed E-state index contributed by atoms with van der Waals surface area (Å²) in [7, 11) is 1.64. The summed E-state index contributed by atoms with van der Waals surface area (Å²) in [4.78, 5) is 49.7. The fraction of sp³-hybridized carbons (Fsp3) is 0.390. The molecule has 0 unspecified atom stereocenters. The topological polar surface area (TPSA) is 146 Å². The molecule has 1 aliphatic heterocycles. The molecule has 12 nitrogen and oxygen atoms in total. The number of nitrogens with zero attached hydrogens (tertiary/aromatic N) is 4. The third-order valence-electron chi connectivity index (χ3n) is 9.88.